The maximum Gasteiger partial charge on any atom is 4.00 e. The molecule has 0 aromatic heterocycles. The molecule has 0 atom stereocenters. The van der Waals surface area contributed by atoms with Crippen molar-refractivity contribution in [3.8, 4) is 0 Å². The van der Waals surface area contributed by atoms with Crippen molar-refractivity contribution >= 4 is 0 Å². The van der Waals surface area contributed by atoms with Crippen molar-refractivity contribution in [1.29, 1.82) is 0 Å². The van der Waals surface area contributed by atoms with E-state index in [0.29, 0.717) is 0 Å². The van der Waals surface area contributed by atoms with E-state index in [9.17, 15) is 0 Å². The molecule has 0 bridgehead atoms. The van der Waals surface area contributed by atoms with Crippen LogP contribution >= 0.6 is 0 Å². The Morgan fingerprint density at radius 2 is 0.556 bits per heavy atom. The Morgan fingerprint density at radius 3 is 0.667 bits per heavy atom. The zero-order valence-corrected chi connectivity index (χ0v) is 15.3. The van der Waals surface area contributed by atoms with Crippen LogP contribution in [-0.2, 0) is 26.2 Å². The van der Waals surface area contributed by atoms with E-state index in [1.807, 2.05) is 32.1 Å². The molecular formula is C17H26Zr+2. The SMILES string of the molecule is C[C]1[C](C)[C](C)[C](C)[C]1C.[CH3-].[CH3-].[CH]1[CH][CH][CH][CH]1.[Zr+4]. The van der Waals surface area contributed by atoms with E-state index in [1.165, 1.54) is 29.6 Å². The third kappa shape index (κ3) is 6.36. The minimum absolute atomic E-state index is 0. The van der Waals surface area contributed by atoms with Crippen molar-refractivity contribution in [3.05, 3.63) is 76.5 Å². The second-order valence-electron chi connectivity index (χ2n) is 4.09. The summed E-state index contributed by atoms with van der Waals surface area (Å²) in [5.74, 6) is 7.34. The van der Waals surface area contributed by atoms with Crippen molar-refractivity contribution in [3.63, 3.8) is 0 Å². The van der Waals surface area contributed by atoms with Crippen molar-refractivity contribution in [1.82, 2.24) is 0 Å². The van der Waals surface area contributed by atoms with Gasteiger partial charge in [-0.25, -0.2) is 0 Å². The van der Waals surface area contributed by atoms with Crippen LogP contribution < -0.4 is 0 Å². The van der Waals surface area contributed by atoms with Gasteiger partial charge < -0.3 is 14.9 Å². The molecule has 0 aromatic rings. The third-order valence-electron chi connectivity index (χ3n) is 3.37. The van der Waals surface area contributed by atoms with Crippen LogP contribution in [0.25, 0.3) is 0 Å². The summed E-state index contributed by atoms with van der Waals surface area (Å²) in [6.07, 6.45) is 10.0. The summed E-state index contributed by atoms with van der Waals surface area (Å²) in [5.41, 5.74) is 0. The third-order valence-corrected chi connectivity index (χ3v) is 3.37. The normalized spacial score (nSPS) is 22.5. The smallest absolute Gasteiger partial charge is 0.358 e. The molecule has 18 heavy (non-hydrogen) atoms. The molecule has 2 rings (SSSR count). The Balaban J connectivity index is -0.000000245. The minimum Gasteiger partial charge on any atom is -0.358 e. The fourth-order valence-electron chi connectivity index (χ4n) is 1.73. The Labute approximate surface area is 137 Å². The van der Waals surface area contributed by atoms with E-state index < -0.39 is 0 Å². The summed E-state index contributed by atoms with van der Waals surface area (Å²) in [6.45, 7) is 11.0. The molecule has 0 unspecified atom stereocenters. The van der Waals surface area contributed by atoms with Gasteiger partial charge in [0.1, 0.15) is 0 Å². The zero-order valence-electron chi connectivity index (χ0n) is 12.9. The Hall–Kier alpha value is 0.883. The molecule has 0 amide bonds. The Morgan fingerprint density at radius 1 is 0.444 bits per heavy atom. The molecule has 10 radical (unpaired) electrons. The van der Waals surface area contributed by atoms with Gasteiger partial charge in [0, 0.05) is 0 Å². The minimum atomic E-state index is 0. The maximum atomic E-state index is 2.20. The first kappa shape index (κ1) is 23.9. The molecule has 2 fully saturated rings. The van der Waals surface area contributed by atoms with E-state index in [-0.39, 0.29) is 41.1 Å². The largest absolute Gasteiger partial charge is 4.00 e. The quantitative estimate of drug-likeness (QED) is 0.557. The van der Waals surface area contributed by atoms with Crippen LogP contribution in [0.4, 0.5) is 0 Å². The average molecular weight is 322 g/mol. The van der Waals surface area contributed by atoms with Gasteiger partial charge in [-0.1, -0.05) is 34.6 Å². The van der Waals surface area contributed by atoms with Gasteiger partial charge in [0.05, 0.1) is 0 Å². The van der Waals surface area contributed by atoms with Crippen LogP contribution in [0, 0.1) is 76.5 Å². The van der Waals surface area contributed by atoms with Gasteiger partial charge >= 0.3 is 26.2 Å². The predicted octanol–water partition coefficient (Wildman–Crippen LogP) is 4.89. The summed E-state index contributed by atoms with van der Waals surface area (Å²) < 4.78 is 0. The van der Waals surface area contributed by atoms with Gasteiger partial charge in [0.15, 0.2) is 0 Å². The second-order valence-corrected chi connectivity index (χ2v) is 4.09. The molecule has 0 heterocycles. The van der Waals surface area contributed by atoms with Crippen molar-refractivity contribution in [2.45, 2.75) is 34.6 Å². The fourth-order valence-corrected chi connectivity index (χ4v) is 1.73. The first-order chi connectivity index (χ1) is 7.05. The molecule has 96 valence electrons. The van der Waals surface area contributed by atoms with Crippen molar-refractivity contribution < 1.29 is 26.2 Å². The first-order valence-corrected chi connectivity index (χ1v) is 5.42. The fraction of sp³-hybridized carbons (Fsp3) is 0.294. The van der Waals surface area contributed by atoms with Gasteiger partial charge in [-0.05, 0) is 61.7 Å². The van der Waals surface area contributed by atoms with E-state index in [2.05, 4.69) is 34.6 Å². The summed E-state index contributed by atoms with van der Waals surface area (Å²) >= 11 is 0. The van der Waals surface area contributed by atoms with Crippen LogP contribution in [0.3, 0.4) is 0 Å². The molecular weight excluding hydrogens is 295 g/mol. The summed E-state index contributed by atoms with van der Waals surface area (Å²) in [6, 6.07) is 0. The van der Waals surface area contributed by atoms with Crippen LogP contribution in [0.5, 0.6) is 0 Å². The topological polar surface area (TPSA) is 0 Å². The van der Waals surface area contributed by atoms with Crippen LogP contribution in [-0.4, -0.2) is 0 Å². The summed E-state index contributed by atoms with van der Waals surface area (Å²) in [4.78, 5) is 0. The monoisotopic (exact) mass is 320 g/mol. The zero-order chi connectivity index (χ0) is 11.4. The van der Waals surface area contributed by atoms with E-state index >= 15 is 0 Å². The van der Waals surface area contributed by atoms with Gasteiger partial charge in [-0.15, -0.1) is 0 Å². The number of rotatable bonds is 0. The summed E-state index contributed by atoms with van der Waals surface area (Å²) in [5, 5.41) is 0. The van der Waals surface area contributed by atoms with Crippen molar-refractivity contribution in [2.24, 2.45) is 0 Å². The molecule has 0 aromatic carbocycles. The molecule has 2 saturated carbocycles. The van der Waals surface area contributed by atoms with Gasteiger partial charge in [0.2, 0.25) is 0 Å². The predicted molar refractivity (Wildman–Crippen MR) is 78.9 cm³/mol. The molecule has 2 aliphatic rings. The van der Waals surface area contributed by atoms with Gasteiger partial charge in [-0.2, -0.15) is 0 Å². The van der Waals surface area contributed by atoms with Gasteiger partial charge in [-0.3, -0.25) is 0 Å². The van der Waals surface area contributed by atoms with Gasteiger partial charge in [0.25, 0.3) is 0 Å². The molecule has 1 heteroatoms. The molecule has 0 spiro atoms. The maximum absolute atomic E-state index is 2.20. The summed E-state index contributed by atoms with van der Waals surface area (Å²) in [7, 11) is 0. The van der Waals surface area contributed by atoms with E-state index in [4.69, 9.17) is 0 Å². The van der Waals surface area contributed by atoms with Crippen LogP contribution in [0.15, 0.2) is 0 Å². The molecule has 0 N–H and O–H groups in total. The van der Waals surface area contributed by atoms with Crippen molar-refractivity contribution in [2.75, 3.05) is 0 Å². The molecule has 2 aliphatic carbocycles. The van der Waals surface area contributed by atoms with E-state index in [1.54, 1.807) is 0 Å². The Kier molecular flexibility index (Phi) is 15.5. The first-order valence-electron chi connectivity index (χ1n) is 5.42. The van der Waals surface area contributed by atoms with E-state index in [0.717, 1.165) is 0 Å². The van der Waals surface area contributed by atoms with Crippen LogP contribution in [0.2, 0.25) is 0 Å². The molecule has 0 nitrogen and oxygen atoms in total. The Bertz CT molecular complexity index is 122. The average Bonchev–Trinajstić information content (AvgIpc) is 2.86. The standard InChI is InChI=1S/C10H15.C5H5.2CH3.Zr/c1-6-7(2)9(4)10(5)8(6)3;1-2-4-5-3-1;;;/h1-5H3;1-5H;2*1H3;/q;;2*-1;+4. The number of hydrogen-bond donors (Lipinski definition) is 0. The molecule has 0 saturated heterocycles. The molecule has 0 aliphatic heterocycles. The van der Waals surface area contributed by atoms with Crippen LogP contribution in [0.1, 0.15) is 34.6 Å². The number of hydrogen-bond acceptors (Lipinski definition) is 0. The second kappa shape index (κ2) is 11.7.